The number of carbonyl (C=O) groups is 2. The quantitative estimate of drug-likeness (QED) is 0.699. The highest BCUT2D eigenvalue weighted by Crippen LogP contribution is 2.20. The Bertz CT molecular complexity index is 624. The second-order valence-electron chi connectivity index (χ2n) is 3.98. The van der Waals surface area contributed by atoms with E-state index in [4.69, 9.17) is 5.11 Å². The van der Waals surface area contributed by atoms with Gasteiger partial charge in [0, 0.05) is 17.2 Å². The molecule has 0 aromatic carbocycles. The largest absolute Gasteiger partial charge is 0.481 e. The Hall–Kier alpha value is -1.00. The number of hydrogen-bond donors (Lipinski definition) is 2. The molecule has 20 heavy (non-hydrogen) atoms. The lowest BCUT2D eigenvalue weighted by molar-refractivity contribution is -0.137. The minimum Gasteiger partial charge on any atom is -0.481 e. The molecule has 0 aliphatic carbocycles. The van der Waals surface area contributed by atoms with Gasteiger partial charge in [-0.05, 0) is 41.5 Å². The maximum Gasteiger partial charge on any atom is 0.303 e. The van der Waals surface area contributed by atoms with Gasteiger partial charge in [-0.3, -0.25) is 14.9 Å². The van der Waals surface area contributed by atoms with Gasteiger partial charge in [0.2, 0.25) is 0 Å². The zero-order chi connectivity index (χ0) is 14.5. The Labute approximate surface area is 137 Å². The molecular weight excluding hydrogens is 411 g/mol. The van der Waals surface area contributed by atoms with E-state index in [0.29, 0.717) is 23.5 Å². The van der Waals surface area contributed by atoms with Crippen molar-refractivity contribution < 1.29 is 14.7 Å². The van der Waals surface area contributed by atoms with Crippen molar-refractivity contribution >= 4 is 62.3 Å². The smallest absolute Gasteiger partial charge is 0.303 e. The number of carbonyl (C=O) groups excluding carboxylic acids is 1. The molecule has 0 atom stereocenters. The number of carboxylic acids is 1. The summed E-state index contributed by atoms with van der Waals surface area (Å²) in [5.41, 5.74) is 1.44. The fraction of sp³-hybridized carbons (Fsp3) is 0.250. The van der Waals surface area contributed by atoms with Gasteiger partial charge in [0.1, 0.15) is 0 Å². The fourth-order valence-electron chi connectivity index (χ4n) is 1.50. The molecule has 106 valence electrons. The topological polar surface area (TPSA) is 79.3 Å². The lowest BCUT2D eigenvalue weighted by atomic mass is 10.2. The Morgan fingerprint density at radius 1 is 1.35 bits per heavy atom. The van der Waals surface area contributed by atoms with E-state index in [0.717, 1.165) is 8.58 Å². The summed E-state index contributed by atoms with van der Waals surface area (Å²) in [6, 6.07) is 1.82. The fourth-order valence-corrected chi connectivity index (χ4v) is 3.56. The zero-order valence-corrected chi connectivity index (χ0v) is 14.0. The normalized spacial score (nSPS) is 10.4. The number of rotatable bonds is 6. The molecule has 1 amide bonds. The predicted molar refractivity (Wildman–Crippen MR) is 87.7 cm³/mol. The van der Waals surface area contributed by atoms with Crippen LogP contribution in [-0.2, 0) is 11.2 Å². The third kappa shape index (κ3) is 4.53. The molecule has 8 heteroatoms. The first kappa shape index (κ1) is 15.4. The third-order valence-corrected chi connectivity index (χ3v) is 5.02. The van der Waals surface area contributed by atoms with Crippen LogP contribution in [0, 0.1) is 2.88 Å². The molecule has 0 saturated carbocycles. The Kier molecular flexibility index (Phi) is 5.49. The van der Waals surface area contributed by atoms with Crippen LogP contribution in [-0.4, -0.2) is 22.0 Å². The summed E-state index contributed by atoms with van der Waals surface area (Å²) in [4.78, 5) is 26.6. The zero-order valence-electron chi connectivity index (χ0n) is 10.3. The monoisotopic (exact) mass is 422 g/mol. The lowest BCUT2D eigenvalue weighted by Crippen LogP contribution is -2.10. The Balaban J connectivity index is 1.89. The van der Waals surface area contributed by atoms with E-state index in [-0.39, 0.29) is 12.3 Å². The Morgan fingerprint density at radius 2 is 2.15 bits per heavy atom. The number of nitrogens with one attached hydrogen (secondary N) is 1. The predicted octanol–water partition coefficient (Wildman–Crippen LogP) is 3.47. The number of thiophene rings is 1. The maximum atomic E-state index is 11.9. The molecule has 0 aliphatic heterocycles. The van der Waals surface area contributed by atoms with Crippen molar-refractivity contribution in [2.75, 3.05) is 5.32 Å². The summed E-state index contributed by atoms with van der Waals surface area (Å²) in [5, 5.41) is 15.5. The summed E-state index contributed by atoms with van der Waals surface area (Å²) in [6.07, 6.45) is 1.29. The van der Waals surface area contributed by atoms with Crippen molar-refractivity contribution in [1.29, 1.82) is 0 Å². The number of anilines is 1. The minimum atomic E-state index is -0.805. The summed E-state index contributed by atoms with van der Waals surface area (Å²) < 4.78 is 1.06. The summed E-state index contributed by atoms with van der Waals surface area (Å²) in [7, 11) is 0. The highest BCUT2D eigenvalue weighted by Gasteiger charge is 2.11. The number of thiazole rings is 1. The van der Waals surface area contributed by atoms with Crippen LogP contribution >= 0.6 is 45.3 Å². The van der Waals surface area contributed by atoms with Gasteiger partial charge >= 0.3 is 5.97 Å². The number of amides is 1. The molecule has 2 rings (SSSR count). The van der Waals surface area contributed by atoms with Gasteiger partial charge < -0.3 is 5.11 Å². The second-order valence-corrected chi connectivity index (χ2v) is 7.65. The molecule has 2 aromatic rings. The summed E-state index contributed by atoms with van der Waals surface area (Å²) in [6.45, 7) is 0. The van der Waals surface area contributed by atoms with Crippen LogP contribution in [0.1, 0.15) is 28.9 Å². The first-order valence-electron chi connectivity index (χ1n) is 5.76. The van der Waals surface area contributed by atoms with E-state index in [1.54, 1.807) is 5.38 Å². The van der Waals surface area contributed by atoms with Crippen LogP contribution in [0.25, 0.3) is 0 Å². The van der Waals surface area contributed by atoms with Crippen LogP contribution in [0.3, 0.4) is 0 Å². The molecule has 0 bridgehead atoms. The van der Waals surface area contributed by atoms with Crippen molar-refractivity contribution in [3.63, 3.8) is 0 Å². The van der Waals surface area contributed by atoms with Crippen LogP contribution in [0.2, 0.25) is 0 Å². The molecule has 5 nitrogen and oxygen atoms in total. The molecule has 0 spiro atoms. The molecule has 0 saturated heterocycles. The van der Waals surface area contributed by atoms with Gasteiger partial charge in [-0.25, -0.2) is 4.98 Å². The van der Waals surface area contributed by atoms with Crippen molar-refractivity contribution in [2.24, 2.45) is 0 Å². The molecule has 2 heterocycles. The van der Waals surface area contributed by atoms with E-state index >= 15 is 0 Å². The van der Waals surface area contributed by atoms with Crippen LogP contribution < -0.4 is 5.32 Å². The first-order valence-corrected chi connectivity index (χ1v) is 8.60. The number of hydrogen-bond acceptors (Lipinski definition) is 5. The average Bonchev–Trinajstić information content (AvgIpc) is 2.98. The molecule has 2 aromatic heterocycles. The average molecular weight is 422 g/mol. The molecule has 0 unspecified atom stereocenters. The lowest BCUT2D eigenvalue weighted by Gasteiger charge is -1.98. The number of aryl methyl sites for hydroxylation is 1. The standard InChI is InChI=1S/C12H11IN2O3S2/c13-9-4-7(5-19-9)11(18)15-12-14-8(6-20-12)2-1-3-10(16)17/h4-6H,1-3H2,(H,16,17)(H,14,15,18). The number of aromatic nitrogens is 1. The number of aliphatic carboxylic acids is 1. The van der Waals surface area contributed by atoms with E-state index < -0.39 is 5.97 Å². The third-order valence-electron chi connectivity index (χ3n) is 2.43. The SMILES string of the molecule is O=C(O)CCCc1csc(NC(=O)c2csc(I)c2)n1. The minimum absolute atomic E-state index is 0.132. The van der Waals surface area contributed by atoms with Crippen molar-refractivity contribution in [1.82, 2.24) is 4.98 Å². The van der Waals surface area contributed by atoms with Gasteiger partial charge in [-0.15, -0.1) is 22.7 Å². The van der Waals surface area contributed by atoms with Crippen LogP contribution in [0.15, 0.2) is 16.8 Å². The number of carboxylic acid groups (broad SMARTS) is 1. The highest BCUT2D eigenvalue weighted by molar-refractivity contribution is 14.1. The van der Waals surface area contributed by atoms with Crippen molar-refractivity contribution in [3.05, 3.63) is 31.0 Å². The second kappa shape index (κ2) is 7.14. The van der Waals surface area contributed by atoms with E-state index in [2.05, 4.69) is 32.9 Å². The van der Waals surface area contributed by atoms with E-state index in [1.165, 1.54) is 22.7 Å². The number of nitrogens with zero attached hydrogens (tertiary/aromatic N) is 1. The Morgan fingerprint density at radius 3 is 2.80 bits per heavy atom. The van der Waals surface area contributed by atoms with E-state index in [1.807, 2.05) is 11.4 Å². The molecular formula is C12H11IN2O3S2. The first-order chi connectivity index (χ1) is 9.54. The molecule has 0 radical (unpaired) electrons. The van der Waals surface area contributed by atoms with Crippen molar-refractivity contribution in [3.8, 4) is 0 Å². The molecule has 2 N–H and O–H groups in total. The van der Waals surface area contributed by atoms with Gasteiger partial charge in [0.25, 0.3) is 5.91 Å². The van der Waals surface area contributed by atoms with E-state index in [9.17, 15) is 9.59 Å². The van der Waals surface area contributed by atoms with Crippen LogP contribution in [0.5, 0.6) is 0 Å². The maximum absolute atomic E-state index is 11.9. The van der Waals surface area contributed by atoms with Crippen LogP contribution in [0.4, 0.5) is 5.13 Å². The highest BCUT2D eigenvalue weighted by atomic mass is 127. The number of halogens is 1. The molecule has 0 aliphatic rings. The van der Waals surface area contributed by atoms with Crippen molar-refractivity contribution in [2.45, 2.75) is 19.3 Å². The van der Waals surface area contributed by atoms with Gasteiger partial charge in [0.15, 0.2) is 5.13 Å². The van der Waals surface area contributed by atoms with Gasteiger partial charge in [-0.2, -0.15) is 0 Å². The summed E-state index contributed by atoms with van der Waals surface area (Å²) in [5.74, 6) is -0.976. The van der Waals surface area contributed by atoms with Gasteiger partial charge in [0.05, 0.1) is 14.1 Å². The summed E-state index contributed by atoms with van der Waals surface area (Å²) >= 11 is 5.03. The van der Waals surface area contributed by atoms with Gasteiger partial charge in [-0.1, -0.05) is 0 Å². The molecule has 0 fully saturated rings.